The second-order valence-corrected chi connectivity index (χ2v) is 5.19. The number of methoxy groups -OCH3 is 1. The van der Waals surface area contributed by atoms with Gasteiger partial charge in [-0.3, -0.25) is 4.89 Å². The molecule has 0 aromatic rings. The first-order valence-corrected chi connectivity index (χ1v) is 7.90. The van der Waals surface area contributed by atoms with E-state index in [2.05, 4.69) is 17.1 Å². The van der Waals surface area contributed by atoms with E-state index in [9.17, 15) is 9.59 Å². The zero-order valence-corrected chi connectivity index (χ0v) is 14.4. The Bertz CT molecular complexity index is 325. The summed E-state index contributed by atoms with van der Waals surface area (Å²) < 4.78 is 4.62. The monoisotopic (exact) mass is 318 g/mol. The number of rotatable bonds is 11. The first-order chi connectivity index (χ1) is 10.5. The van der Waals surface area contributed by atoms with Gasteiger partial charge in [-0.2, -0.15) is 4.89 Å². The first kappa shape index (κ1) is 20.7. The van der Waals surface area contributed by atoms with Crippen molar-refractivity contribution in [3.8, 4) is 0 Å². The summed E-state index contributed by atoms with van der Waals surface area (Å²) in [6.07, 6.45) is 3.33. The number of carbonyl (C=O) groups excluding carboxylic acids is 2. The molecule has 0 saturated heterocycles. The van der Waals surface area contributed by atoms with Crippen LogP contribution in [0.4, 0.5) is 4.79 Å². The molecule has 0 spiro atoms. The van der Waals surface area contributed by atoms with E-state index < -0.39 is 6.09 Å². The third-order valence-electron chi connectivity index (χ3n) is 3.45. The predicted molar refractivity (Wildman–Crippen MR) is 82.7 cm³/mol. The van der Waals surface area contributed by atoms with Crippen molar-refractivity contribution in [1.29, 1.82) is 0 Å². The van der Waals surface area contributed by atoms with Gasteiger partial charge < -0.3 is 4.74 Å². The number of hydrazine groups is 1. The number of nitrogens with one attached hydrogen (secondary N) is 1. The Balaban J connectivity index is 4.08. The molecule has 0 aliphatic heterocycles. The number of amides is 1. The maximum Gasteiger partial charge on any atom is 0.423 e. The van der Waals surface area contributed by atoms with Gasteiger partial charge in [0.15, 0.2) is 0 Å². The highest BCUT2D eigenvalue weighted by Crippen LogP contribution is 2.15. The summed E-state index contributed by atoms with van der Waals surface area (Å²) >= 11 is 0. The molecule has 1 N–H and O–H groups in total. The fourth-order valence-electron chi connectivity index (χ4n) is 1.90. The van der Waals surface area contributed by atoms with Crippen molar-refractivity contribution in [2.45, 2.75) is 59.0 Å². The lowest BCUT2D eigenvalue weighted by atomic mass is 10.00. The molecule has 2 unspecified atom stereocenters. The molecule has 0 aliphatic carbocycles. The molecule has 0 aromatic heterocycles. The second-order valence-electron chi connectivity index (χ2n) is 5.19. The molecule has 0 aromatic carbocycles. The normalized spacial score (nSPS) is 13.3. The van der Waals surface area contributed by atoms with E-state index in [4.69, 9.17) is 9.78 Å². The Labute approximate surface area is 133 Å². The second kappa shape index (κ2) is 12.2. The highest BCUT2D eigenvalue weighted by molar-refractivity contribution is 5.71. The van der Waals surface area contributed by atoms with Crippen LogP contribution in [-0.4, -0.2) is 43.9 Å². The summed E-state index contributed by atoms with van der Waals surface area (Å²) in [6, 6.07) is 0. The number of hydrogen-bond acceptors (Lipinski definition) is 6. The first-order valence-electron chi connectivity index (χ1n) is 7.90. The lowest BCUT2D eigenvalue weighted by Crippen LogP contribution is -2.42. The Hall–Kier alpha value is -1.34. The molecule has 1 amide bonds. The molecule has 0 aliphatic rings. The van der Waals surface area contributed by atoms with Gasteiger partial charge in [0.2, 0.25) is 0 Å². The average Bonchev–Trinajstić information content (AvgIpc) is 2.53. The van der Waals surface area contributed by atoms with Crippen molar-refractivity contribution in [1.82, 2.24) is 10.4 Å². The summed E-state index contributed by atoms with van der Waals surface area (Å²) in [5.41, 5.74) is 2.72. The van der Waals surface area contributed by atoms with Gasteiger partial charge in [-0.1, -0.05) is 26.7 Å². The molecule has 7 nitrogen and oxygen atoms in total. The topological polar surface area (TPSA) is 77.1 Å². The molecule has 0 bridgehead atoms. The van der Waals surface area contributed by atoms with Crippen LogP contribution in [0.2, 0.25) is 0 Å². The summed E-state index contributed by atoms with van der Waals surface area (Å²) in [6.45, 7) is 6.22. The Morgan fingerprint density at radius 2 is 1.91 bits per heavy atom. The molecule has 130 valence electrons. The Kier molecular flexibility index (Phi) is 11.5. The average molecular weight is 318 g/mol. The smallest absolute Gasteiger partial charge is 0.423 e. The van der Waals surface area contributed by atoms with Crippen LogP contribution in [0.1, 0.15) is 52.9 Å². The highest BCUT2D eigenvalue weighted by atomic mass is 17.2. The molecule has 0 rings (SSSR count). The zero-order valence-electron chi connectivity index (χ0n) is 14.4. The third-order valence-corrected chi connectivity index (χ3v) is 3.45. The van der Waals surface area contributed by atoms with Gasteiger partial charge in [0, 0.05) is 13.6 Å². The van der Waals surface area contributed by atoms with Crippen LogP contribution in [0.15, 0.2) is 0 Å². The largest absolute Gasteiger partial charge is 0.452 e. The van der Waals surface area contributed by atoms with Gasteiger partial charge in [-0.05, 0) is 26.2 Å². The van der Waals surface area contributed by atoms with Gasteiger partial charge in [-0.15, -0.1) is 0 Å². The van der Waals surface area contributed by atoms with Gasteiger partial charge in [0.1, 0.15) is 6.10 Å². The Morgan fingerprint density at radius 3 is 2.41 bits per heavy atom. The van der Waals surface area contributed by atoms with Crippen LogP contribution in [0.25, 0.3) is 0 Å². The van der Waals surface area contributed by atoms with E-state index in [0.29, 0.717) is 13.0 Å². The number of unbranched alkanes of at least 4 members (excludes halogenated alkanes) is 1. The maximum atomic E-state index is 11.9. The van der Waals surface area contributed by atoms with Gasteiger partial charge in [0.25, 0.3) is 0 Å². The van der Waals surface area contributed by atoms with Gasteiger partial charge >= 0.3 is 12.1 Å². The van der Waals surface area contributed by atoms with Gasteiger partial charge in [-0.25, -0.2) is 20.0 Å². The minimum Gasteiger partial charge on any atom is -0.452 e. The van der Waals surface area contributed by atoms with E-state index in [1.165, 1.54) is 12.1 Å². The van der Waals surface area contributed by atoms with Crippen LogP contribution in [0.5, 0.6) is 0 Å². The van der Waals surface area contributed by atoms with Crippen molar-refractivity contribution >= 4 is 12.1 Å². The zero-order chi connectivity index (χ0) is 17.0. The van der Waals surface area contributed by atoms with Crippen molar-refractivity contribution in [3.05, 3.63) is 0 Å². The molecule has 22 heavy (non-hydrogen) atoms. The van der Waals surface area contributed by atoms with Gasteiger partial charge in [0.05, 0.1) is 13.0 Å². The highest BCUT2D eigenvalue weighted by Gasteiger charge is 2.20. The molecule has 0 saturated carbocycles. The summed E-state index contributed by atoms with van der Waals surface area (Å²) in [7, 11) is 2.94. The van der Waals surface area contributed by atoms with Crippen molar-refractivity contribution in [3.63, 3.8) is 0 Å². The summed E-state index contributed by atoms with van der Waals surface area (Å²) in [5, 5.41) is 1.32. The number of ether oxygens (including phenoxy) is 1. The maximum absolute atomic E-state index is 11.9. The van der Waals surface area contributed by atoms with Crippen LogP contribution < -0.4 is 5.43 Å². The fraction of sp³-hybridized carbons (Fsp3) is 0.867. The SMILES string of the molecule is CCCCC(CC)C(=O)OOC(C)CCN(NC)C(=O)OC. The van der Waals surface area contributed by atoms with Crippen LogP contribution >= 0.6 is 0 Å². The molecule has 7 heteroatoms. The van der Waals surface area contributed by atoms with Crippen molar-refractivity contribution in [2.24, 2.45) is 5.92 Å². The lowest BCUT2D eigenvalue weighted by molar-refractivity contribution is -0.299. The van der Waals surface area contributed by atoms with Crippen LogP contribution in [-0.2, 0) is 19.3 Å². The van der Waals surface area contributed by atoms with Crippen LogP contribution in [0.3, 0.4) is 0 Å². The van der Waals surface area contributed by atoms with Crippen molar-refractivity contribution in [2.75, 3.05) is 20.7 Å². The minimum atomic E-state index is -0.475. The van der Waals surface area contributed by atoms with E-state index in [1.54, 1.807) is 14.0 Å². The van der Waals surface area contributed by atoms with E-state index in [-0.39, 0.29) is 18.0 Å². The predicted octanol–water partition coefficient (Wildman–Crippen LogP) is 2.66. The molecule has 0 radical (unpaired) electrons. The summed E-state index contributed by atoms with van der Waals surface area (Å²) in [4.78, 5) is 33.3. The van der Waals surface area contributed by atoms with E-state index >= 15 is 0 Å². The van der Waals surface area contributed by atoms with E-state index in [0.717, 1.165) is 25.7 Å². The summed E-state index contributed by atoms with van der Waals surface area (Å²) in [5.74, 6) is -0.433. The molecule has 2 atom stereocenters. The molecular formula is C15H30N2O5. The fourth-order valence-corrected chi connectivity index (χ4v) is 1.90. The third kappa shape index (κ3) is 8.19. The van der Waals surface area contributed by atoms with Crippen molar-refractivity contribution < 1.29 is 24.1 Å². The number of carbonyl (C=O) groups is 2. The quantitative estimate of drug-likeness (QED) is 0.466. The minimum absolute atomic E-state index is 0.115. The lowest BCUT2D eigenvalue weighted by Gasteiger charge is -2.21. The Morgan fingerprint density at radius 1 is 1.23 bits per heavy atom. The van der Waals surface area contributed by atoms with E-state index in [1.807, 2.05) is 6.92 Å². The van der Waals surface area contributed by atoms with Crippen LogP contribution in [0, 0.1) is 5.92 Å². The molecular weight excluding hydrogens is 288 g/mol. The molecule has 0 fully saturated rings. The molecule has 0 heterocycles. The number of nitrogens with zero attached hydrogens (tertiary/aromatic N) is 1. The number of hydrogen-bond donors (Lipinski definition) is 1. The standard InChI is InChI=1S/C15H30N2O5/c1-6-8-9-13(7-2)14(18)22-21-12(3)10-11-17(16-4)15(19)20-5/h12-13,16H,6-11H2,1-5H3.